The van der Waals surface area contributed by atoms with Crippen LogP contribution in [0.5, 0.6) is 5.75 Å². The standard InChI is InChI=1S/C20H19N3O3/c1-14(26-18-5-2-4-15(12-18)13-21)20(25)22-16-7-9-17(10-8-16)23-11-3-6-19(23)24/h2,4-5,7-10,12,14H,3,6,11H2,1H3,(H,22,25). The topological polar surface area (TPSA) is 82.4 Å². The molecule has 1 fully saturated rings. The van der Waals surface area contributed by atoms with Crippen molar-refractivity contribution in [3.63, 3.8) is 0 Å². The van der Waals surface area contributed by atoms with E-state index in [2.05, 4.69) is 5.32 Å². The summed E-state index contributed by atoms with van der Waals surface area (Å²) in [6, 6.07) is 15.9. The van der Waals surface area contributed by atoms with Gasteiger partial charge in [0.15, 0.2) is 6.10 Å². The maximum atomic E-state index is 12.3. The molecular weight excluding hydrogens is 330 g/mol. The average Bonchev–Trinajstić information content (AvgIpc) is 3.08. The minimum Gasteiger partial charge on any atom is -0.481 e. The Hall–Kier alpha value is -3.33. The highest BCUT2D eigenvalue weighted by atomic mass is 16.5. The third-order valence-electron chi connectivity index (χ3n) is 4.17. The highest BCUT2D eigenvalue weighted by Crippen LogP contribution is 2.23. The van der Waals surface area contributed by atoms with Crippen molar-refractivity contribution in [3.8, 4) is 11.8 Å². The number of rotatable bonds is 5. The molecule has 1 aliphatic rings. The summed E-state index contributed by atoms with van der Waals surface area (Å²) in [5.41, 5.74) is 1.94. The number of carbonyl (C=O) groups is 2. The molecule has 0 bridgehead atoms. The zero-order valence-electron chi connectivity index (χ0n) is 14.4. The molecule has 0 saturated carbocycles. The summed E-state index contributed by atoms with van der Waals surface area (Å²) in [7, 11) is 0. The van der Waals surface area contributed by atoms with Gasteiger partial charge in [0.1, 0.15) is 5.75 Å². The summed E-state index contributed by atoms with van der Waals surface area (Å²) in [5, 5.41) is 11.7. The van der Waals surface area contributed by atoms with Crippen molar-refractivity contribution >= 4 is 23.2 Å². The lowest BCUT2D eigenvalue weighted by molar-refractivity contribution is -0.122. The Morgan fingerprint density at radius 2 is 2.04 bits per heavy atom. The summed E-state index contributed by atoms with van der Waals surface area (Å²) in [6.45, 7) is 2.38. The minimum atomic E-state index is -0.719. The van der Waals surface area contributed by atoms with Crippen molar-refractivity contribution in [1.29, 1.82) is 5.26 Å². The molecule has 1 unspecified atom stereocenters. The van der Waals surface area contributed by atoms with E-state index in [0.29, 0.717) is 23.4 Å². The van der Waals surface area contributed by atoms with Crippen LogP contribution in [0.4, 0.5) is 11.4 Å². The number of benzene rings is 2. The van der Waals surface area contributed by atoms with Gasteiger partial charge in [-0.15, -0.1) is 0 Å². The molecule has 2 aromatic rings. The minimum absolute atomic E-state index is 0.128. The number of nitriles is 1. The van der Waals surface area contributed by atoms with Crippen LogP contribution in [0.1, 0.15) is 25.3 Å². The summed E-state index contributed by atoms with van der Waals surface area (Å²) >= 11 is 0. The molecule has 3 rings (SSSR count). The summed E-state index contributed by atoms with van der Waals surface area (Å²) < 4.78 is 5.59. The van der Waals surface area contributed by atoms with Gasteiger partial charge in [-0.3, -0.25) is 9.59 Å². The molecule has 0 radical (unpaired) electrons. The lowest BCUT2D eigenvalue weighted by atomic mass is 10.2. The number of hydrogen-bond donors (Lipinski definition) is 1. The van der Waals surface area contributed by atoms with Crippen molar-refractivity contribution in [2.75, 3.05) is 16.8 Å². The Morgan fingerprint density at radius 3 is 2.69 bits per heavy atom. The number of amides is 2. The zero-order valence-corrected chi connectivity index (χ0v) is 14.4. The third kappa shape index (κ3) is 4.01. The fraction of sp³-hybridized carbons (Fsp3) is 0.250. The van der Waals surface area contributed by atoms with E-state index in [4.69, 9.17) is 10.00 Å². The second-order valence-corrected chi connectivity index (χ2v) is 6.08. The molecule has 1 aliphatic heterocycles. The third-order valence-corrected chi connectivity index (χ3v) is 4.17. The van der Waals surface area contributed by atoms with E-state index < -0.39 is 6.10 Å². The lowest BCUT2D eigenvalue weighted by Crippen LogP contribution is -2.30. The number of ether oxygens (including phenoxy) is 1. The van der Waals surface area contributed by atoms with Gasteiger partial charge in [-0.05, 0) is 55.8 Å². The Balaban J connectivity index is 1.60. The van der Waals surface area contributed by atoms with Gasteiger partial charge in [-0.25, -0.2) is 0 Å². The van der Waals surface area contributed by atoms with E-state index in [1.165, 1.54) is 0 Å². The Bertz CT molecular complexity index is 855. The first kappa shape index (κ1) is 17.5. The number of nitrogens with zero attached hydrogens (tertiary/aromatic N) is 2. The number of carbonyl (C=O) groups excluding carboxylic acids is 2. The molecule has 132 valence electrons. The van der Waals surface area contributed by atoms with Gasteiger partial charge < -0.3 is 15.0 Å². The molecule has 1 N–H and O–H groups in total. The van der Waals surface area contributed by atoms with Gasteiger partial charge in [-0.2, -0.15) is 5.26 Å². The second-order valence-electron chi connectivity index (χ2n) is 6.08. The van der Waals surface area contributed by atoms with Crippen LogP contribution < -0.4 is 15.0 Å². The van der Waals surface area contributed by atoms with Crippen LogP contribution in [0.2, 0.25) is 0 Å². The predicted octanol–water partition coefficient (Wildman–Crippen LogP) is 3.09. The normalized spacial score (nSPS) is 14.6. The van der Waals surface area contributed by atoms with E-state index in [0.717, 1.165) is 18.7 Å². The number of nitrogens with one attached hydrogen (secondary N) is 1. The van der Waals surface area contributed by atoms with Crippen molar-refractivity contribution in [2.24, 2.45) is 0 Å². The van der Waals surface area contributed by atoms with E-state index in [9.17, 15) is 9.59 Å². The first-order valence-corrected chi connectivity index (χ1v) is 8.45. The first-order valence-electron chi connectivity index (χ1n) is 8.45. The fourth-order valence-electron chi connectivity index (χ4n) is 2.79. The van der Waals surface area contributed by atoms with Crippen LogP contribution in [0.25, 0.3) is 0 Å². The number of hydrogen-bond acceptors (Lipinski definition) is 4. The van der Waals surface area contributed by atoms with Gasteiger partial charge in [0.25, 0.3) is 5.91 Å². The molecule has 1 saturated heterocycles. The SMILES string of the molecule is CC(Oc1cccc(C#N)c1)C(=O)Nc1ccc(N2CCCC2=O)cc1. The molecule has 2 aromatic carbocycles. The van der Waals surface area contributed by atoms with Gasteiger partial charge in [0.05, 0.1) is 11.6 Å². The second kappa shape index (κ2) is 7.70. The molecule has 2 amide bonds. The van der Waals surface area contributed by atoms with Gasteiger partial charge in [0, 0.05) is 24.3 Å². The van der Waals surface area contributed by atoms with Crippen molar-refractivity contribution < 1.29 is 14.3 Å². The van der Waals surface area contributed by atoms with Crippen LogP contribution >= 0.6 is 0 Å². The Labute approximate surface area is 152 Å². The monoisotopic (exact) mass is 349 g/mol. The van der Waals surface area contributed by atoms with Crippen LogP contribution in [-0.4, -0.2) is 24.5 Å². The van der Waals surface area contributed by atoms with E-state index in [-0.39, 0.29) is 11.8 Å². The molecule has 1 heterocycles. The molecule has 26 heavy (non-hydrogen) atoms. The van der Waals surface area contributed by atoms with Gasteiger partial charge >= 0.3 is 0 Å². The average molecular weight is 349 g/mol. The highest BCUT2D eigenvalue weighted by Gasteiger charge is 2.21. The summed E-state index contributed by atoms with van der Waals surface area (Å²) in [5.74, 6) is 0.301. The zero-order chi connectivity index (χ0) is 18.5. The molecule has 0 aliphatic carbocycles. The molecule has 6 nitrogen and oxygen atoms in total. The maximum Gasteiger partial charge on any atom is 0.265 e. The predicted molar refractivity (Wildman–Crippen MR) is 97.9 cm³/mol. The van der Waals surface area contributed by atoms with Crippen molar-refractivity contribution in [1.82, 2.24) is 0 Å². The largest absolute Gasteiger partial charge is 0.481 e. The molecule has 1 atom stereocenters. The van der Waals surface area contributed by atoms with Crippen LogP contribution in [0.15, 0.2) is 48.5 Å². The molecule has 0 spiro atoms. The molecule has 6 heteroatoms. The van der Waals surface area contributed by atoms with E-state index >= 15 is 0 Å². The highest BCUT2D eigenvalue weighted by molar-refractivity contribution is 5.96. The van der Waals surface area contributed by atoms with Gasteiger partial charge in [-0.1, -0.05) is 6.07 Å². The molecular formula is C20H19N3O3. The van der Waals surface area contributed by atoms with E-state index in [1.807, 2.05) is 18.2 Å². The van der Waals surface area contributed by atoms with Crippen molar-refractivity contribution in [2.45, 2.75) is 25.9 Å². The summed E-state index contributed by atoms with van der Waals surface area (Å²) in [4.78, 5) is 25.8. The van der Waals surface area contributed by atoms with Crippen LogP contribution in [-0.2, 0) is 9.59 Å². The van der Waals surface area contributed by atoms with Crippen LogP contribution in [0.3, 0.4) is 0 Å². The smallest absolute Gasteiger partial charge is 0.265 e. The fourth-order valence-corrected chi connectivity index (χ4v) is 2.79. The Kier molecular flexibility index (Phi) is 5.18. The van der Waals surface area contributed by atoms with E-state index in [1.54, 1.807) is 48.2 Å². The number of anilines is 2. The van der Waals surface area contributed by atoms with Gasteiger partial charge in [0.2, 0.25) is 5.91 Å². The molecule has 0 aromatic heterocycles. The van der Waals surface area contributed by atoms with Crippen LogP contribution in [0, 0.1) is 11.3 Å². The Morgan fingerprint density at radius 1 is 1.27 bits per heavy atom. The summed E-state index contributed by atoms with van der Waals surface area (Å²) in [6.07, 6.45) is 0.739. The van der Waals surface area contributed by atoms with Crippen molar-refractivity contribution in [3.05, 3.63) is 54.1 Å². The maximum absolute atomic E-state index is 12.3. The quantitative estimate of drug-likeness (QED) is 0.899. The lowest BCUT2D eigenvalue weighted by Gasteiger charge is -2.17. The first-order chi connectivity index (χ1) is 12.6.